The fraction of sp³-hybridized carbons (Fsp3) is 0.292. The molecule has 35 heavy (non-hydrogen) atoms. The van der Waals surface area contributed by atoms with Crippen molar-refractivity contribution in [3.05, 3.63) is 77.4 Å². The number of anilines is 1. The van der Waals surface area contributed by atoms with Crippen molar-refractivity contribution >= 4 is 23.7 Å². The summed E-state index contributed by atoms with van der Waals surface area (Å²) < 4.78 is 35.5. The van der Waals surface area contributed by atoms with Crippen molar-refractivity contribution in [2.45, 2.75) is 26.0 Å². The molecule has 0 saturated carbocycles. The van der Waals surface area contributed by atoms with Gasteiger partial charge in [0.1, 0.15) is 6.61 Å². The van der Waals surface area contributed by atoms with Gasteiger partial charge >= 0.3 is 12.1 Å². The SMILES string of the molecule is COC(=O)/C=C/C(=O)N(O)CCCCNCc1ccc(COC(=O)Nc2ccc(F)c(F)c2)cc1. The number of unbranched alkanes of at least 4 members (excludes halogenated alkanes) is 1. The maximum absolute atomic E-state index is 13.2. The van der Waals surface area contributed by atoms with Gasteiger partial charge in [-0.2, -0.15) is 0 Å². The summed E-state index contributed by atoms with van der Waals surface area (Å²) in [5, 5.41) is 15.7. The Hall–Kier alpha value is -3.83. The van der Waals surface area contributed by atoms with Gasteiger partial charge in [-0.25, -0.2) is 23.4 Å². The quantitative estimate of drug-likeness (QED) is 0.137. The Morgan fingerprint density at radius 1 is 1.00 bits per heavy atom. The first-order valence-corrected chi connectivity index (χ1v) is 10.7. The van der Waals surface area contributed by atoms with Gasteiger partial charge in [0.25, 0.3) is 5.91 Å². The minimum atomic E-state index is -1.07. The van der Waals surface area contributed by atoms with Gasteiger partial charge in [-0.3, -0.25) is 15.3 Å². The number of carbonyl (C=O) groups excluding carboxylic acids is 3. The van der Waals surface area contributed by atoms with Gasteiger partial charge < -0.3 is 14.8 Å². The molecule has 0 aliphatic carbocycles. The number of esters is 1. The lowest BCUT2D eigenvalue weighted by Gasteiger charge is -2.12. The van der Waals surface area contributed by atoms with Crippen LogP contribution in [0, 0.1) is 11.6 Å². The number of ether oxygens (including phenoxy) is 2. The van der Waals surface area contributed by atoms with Crippen LogP contribution >= 0.6 is 0 Å². The van der Waals surface area contributed by atoms with Crippen LogP contribution in [0.4, 0.5) is 19.3 Å². The number of methoxy groups -OCH3 is 1. The molecule has 2 aromatic carbocycles. The van der Waals surface area contributed by atoms with Crippen LogP contribution in [0.15, 0.2) is 54.6 Å². The van der Waals surface area contributed by atoms with E-state index >= 15 is 0 Å². The third kappa shape index (κ3) is 10.3. The molecule has 188 valence electrons. The molecular formula is C24H27F2N3O6. The van der Waals surface area contributed by atoms with Crippen molar-refractivity contribution in [3.63, 3.8) is 0 Å². The molecule has 0 saturated heterocycles. The van der Waals surface area contributed by atoms with E-state index in [0.717, 1.165) is 35.4 Å². The van der Waals surface area contributed by atoms with Crippen LogP contribution in [-0.2, 0) is 32.2 Å². The maximum Gasteiger partial charge on any atom is 0.411 e. The lowest BCUT2D eigenvalue weighted by Crippen LogP contribution is -2.27. The smallest absolute Gasteiger partial charge is 0.411 e. The van der Waals surface area contributed by atoms with Crippen LogP contribution in [0.5, 0.6) is 0 Å². The van der Waals surface area contributed by atoms with E-state index in [2.05, 4.69) is 15.4 Å². The fourth-order valence-corrected chi connectivity index (χ4v) is 2.78. The molecule has 0 unspecified atom stereocenters. The minimum Gasteiger partial charge on any atom is -0.466 e. The van der Waals surface area contributed by atoms with E-state index in [0.29, 0.717) is 31.0 Å². The molecule has 0 aromatic heterocycles. The molecule has 0 spiro atoms. The minimum absolute atomic E-state index is 0.00835. The zero-order valence-corrected chi connectivity index (χ0v) is 19.1. The van der Waals surface area contributed by atoms with Gasteiger partial charge in [-0.05, 0) is 42.6 Å². The number of hydroxylamine groups is 2. The number of nitrogens with zero attached hydrogens (tertiary/aromatic N) is 1. The molecule has 0 atom stereocenters. The Morgan fingerprint density at radius 3 is 2.40 bits per heavy atom. The average Bonchev–Trinajstić information content (AvgIpc) is 2.85. The summed E-state index contributed by atoms with van der Waals surface area (Å²) >= 11 is 0. The lowest BCUT2D eigenvalue weighted by molar-refractivity contribution is -0.159. The standard InChI is InChI=1S/C24H27F2N3O6/c1-34-23(31)11-10-22(30)29(33)13-3-2-12-27-15-17-4-6-18(7-5-17)16-35-24(32)28-19-8-9-20(25)21(26)14-19/h4-11,14,27,33H,2-3,12-13,15-16H2,1H3,(H,28,32)/b11-10+. The number of halogens is 2. The summed E-state index contributed by atoms with van der Waals surface area (Å²) in [6.07, 6.45) is 2.37. The largest absolute Gasteiger partial charge is 0.466 e. The van der Waals surface area contributed by atoms with E-state index in [-0.39, 0.29) is 18.8 Å². The molecule has 0 radical (unpaired) electrons. The summed E-state index contributed by atoms with van der Waals surface area (Å²) in [4.78, 5) is 34.3. The Balaban J connectivity index is 1.61. The van der Waals surface area contributed by atoms with Crippen molar-refractivity contribution in [1.29, 1.82) is 0 Å². The second kappa shape index (κ2) is 14.4. The van der Waals surface area contributed by atoms with Crippen molar-refractivity contribution in [1.82, 2.24) is 10.4 Å². The van der Waals surface area contributed by atoms with Crippen molar-refractivity contribution in [2.75, 3.05) is 25.5 Å². The predicted octanol–water partition coefficient (Wildman–Crippen LogP) is 3.53. The van der Waals surface area contributed by atoms with Crippen molar-refractivity contribution in [3.8, 4) is 0 Å². The highest BCUT2D eigenvalue weighted by Gasteiger charge is 2.08. The van der Waals surface area contributed by atoms with Gasteiger partial charge in [-0.15, -0.1) is 0 Å². The van der Waals surface area contributed by atoms with Crippen molar-refractivity contribution in [2.24, 2.45) is 0 Å². The Morgan fingerprint density at radius 2 is 1.71 bits per heavy atom. The molecule has 2 amide bonds. The average molecular weight is 491 g/mol. The lowest BCUT2D eigenvalue weighted by atomic mass is 10.1. The summed E-state index contributed by atoms with van der Waals surface area (Å²) in [7, 11) is 1.19. The molecule has 0 fully saturated rings. The molecular weight excluding hydrogens is 464 g/mol. The topological polar surface area (TPSA) is 117 Å². The van der Waals surface area contributed by atoms with E-state index in [9.17, 15) is 28.4 Å². The molecule has 0 aliphatic heterocycles. The van der Waals surface area contributed by atoms with E-state index < -0.39 is 29.6 Å². The first kappa shape index (κ1) is 27.4. The second-order valence-electron chi connectivity index (χ2n) is 7.35. The second-order valence-corrected chi connectivity index (χ2v) is 7.35. The van der Waals surface area contributed by atoms with Crippen LogP contribution in [0.25, 0.3) is 0 Å². The number of hydrogen-bond donors (Lipinski definition) is 3. The highest BCUT2D eigenvalue weighted by Crippen LogP contribution is 2.14. The molecule has 9 nitrogen and oxygen atoms in total. The summed E-state index contributed by atoms with van der Waals surface area (Å²) in [5.74, 6) is -3.45. The maximum atomic E-state index is 13.2. The Kier molecular flexibility index (Phi) is 11.3. The van der Waals surface area contributed by atoms with Gasteiger partial charge in [0.15, 0.2) is 11.6 Å². The zero-order valence-electron chi connectivity index (χ0n) is 19.1. The van der Waals surface area contributed by atoms with Gasteiger partial charge in [0.05, 0.1) is 7.11 Å². The first-order valence-electron chi connectivity index (χ1n) is 10.7. The third-order valence-corrected chi connectivity index (χ3v) is 4.68. The van der Waals surface area contributed by atoms with Crippen LogP contribution in [0.3, 0.4) is 0 Å². The fourth-order valence-electron chi connectivity index (χ4n) is 2.78. The number of amides is 2. The van der Waals surface area contributed by atoms with E-state index in [1.54, 1.807) is 12.1 Å². The highest BCUT2D eigenvalue weighted by molar-refractivity contribution is 5.93. The molecule has 3 N–H and O–H groups in total. The zero-order chi connectivity index (χ0) is 25.6. The van der Waals surface area contributed by atoms with Gasteiger partial charge in [-0.1, -0.05) is 24.3 Å². The Bertz CT molecular complexity index is 1030. The summed E-state index contributed by atoms with van der Waals surface area (Å²) in [5.41, 5.74) is 1.85. The van der Waals surface area contributed by atoms with Gasteiger partial charge in [0, 0.05) is 37.0 Å². The molecule has 2 aromatic rings. The first-order chi connectivity index (χ1) is 16.8. The van der Waals surface area contributed by atoms with Crippen LogP contribution < -0.4 is 10.6 Å². The Labute approximate surface area is 201 Å². The van der Waals surface area contributed by atoms with Crippen molar-refractivity contribution < 1.29 is 37.8 Å². The van der Waals surface area contributed by atoms with Crippen LogP contribution in [0.1, 0.15) is 24.0 Å². The third-order valence-electron chi connectivity index (χ3n) is 4.68. The predicted molar refractivity (Wildman–Crippen MR) is 122 cm³/mol. The normalized spacial score (nSPS) is 10.7. The van der Waals surface area contributed by atoms with E-state index in [1.165, 1.54) is 13.2 Å². The number of carbonyl (C=O) groups is 3. The summed E-state index contributed by atoms with van der Waals surface area (Å²) in [6, 6.07) is 10.4. The van der Waals surface area contributed by atoms with E-state index in [4.69, 9.17) is 4.74 Å². The molecule has 11 heteroatoms. The highest BCUT2D eigenvalue weighted by atomic mass is 19.2. The number of rotatable bonds is 12. The number of hydrogen-bond acceptors (Lipinski definition) is 7. The molecule has 0 bridgehead atoms. The molecule has 0 heterocycles. The van der Waals surface area contributed by atoms with Gasteiger partial charge in [0.2, 0.25) is 0 Å². The monoisotopic (exact) mass is 491 g/mol. The summed E-state index contributed by atoms with van der Waals surface area (Å²) in [6.45, 7) is 1.40. The number of nitrogens with one attached hydrogen (secondary N) is 2. The molecule has 2 rings (SSSR count). The van der Waals surface area contributed by atoms with Crippen LogP contribution in [-0.4, -0.2) is 48.4 Å². The van der Waals surface area contributed by atoms with Crippen LogP contribution in [0.2, 0.25) is 0 Å². The molecule has 0 aliphatic rings. The van der Waals surface area contributed by atoms with E-state index in [1.807, 2.05) is 12.1 Å². The number of benzene rings is 2.